The molecule has 1 saturated carbocycles. The zero-order valence-electron chi connectivity index (χ0n) is 12.1. The summed E-state index contributed by atoms with van der Waals surface area (Å²) in [5.74, 6) is 2.63. The van der Waals surface area contributed by atoms with E-state index in [0.717, 1.165) is 24.0 Å². The van der Waals surface area contributed by atoms with Gasteiger partial charge in [-0.05, 0) is 61.9 Å². The molecule has 1 aliphatic rings. The molecule has 19 heavy (non-hydrogen) atoms. The lowest BCUT2D eigenvalue weighted by Crippen LogP contribution is -2.34. The first kappa shape index (κ1) is 14.9. The van der Waals surface area contributed by atoms with Crippen molar-refractivity contribution in [3.05, 3.63) is 28.2 Å². The van der Waals surface area contributed by atoms with Gasteiger partial charge in [0.25, 0.3) is 0 Å². The normalized spacial score (nSPS) is 24.4. The van der Waals surface area contributed by atoms with E-state index in [-0.39, 0.29) is 0 Å². The average molecular weight is 326 g/mol. The Morgan fingerprint density at radius 2 is 2.21 bits per heavy atom. The molecule has 0 saturated heterocycles. The first-order valence-electron chi connectivity index (χ1n) is 7.13. The summed E-state index contributed by atoms with van der Waals surface area (Å²) in [7, 11) is 3.81. The van der Waals surface area contributed by atoms with Crippen molar-refractivity contribution in [2.75, 3.05) is 14.2 Å². The van der Waals surface area contributed by atoms with Crippen LogP contribution in [-0.4, -0.2) is 20.2 Å². The highest BCUT2D eigenvalue weighted by molar-refractivity contribution is 9.10. The zero-order chi connectivity index (χ0) is 13.8. The highest BCUT2D eigenvalue weighted by Crippen LogP contribution is 2.34. The van der Waals surface area contributed by atoms with E-state index in [9.17, 15) is 0 Å². The van der Waals surface area contributed by atoms with Crippen LogP contribution in [0.5, 0.6) is 5.75 Å². The minimum atomic E-state index is 0.563. The predicted molar refractivity (Wildman–Crippen MR) is 83.8 cm³/mol. The Morgan fingerprint density at radius 1 is 1.42 bits per heavy atom. The minimum Gasteiger partial charge on any atom is -0.497 e. The standard InChI is InChI=1S/C16H24BrNO/c1-11-4-5-12(8-11)16(18-2)10-13-9-14(19-3)6-7-15(13)17/h6-7,9,11-12,16,18H,4-5,8,10H2,1-3H3. The van der Waals surface area contributed by atoms with Crippen LogP contribution in [0.1, 0.15) is 31.7 Å². The molecule has 0 amide bonds. The SMILES string of the molecule is CNC(Cc1cc(OC)ccc1Br)C1CCC(C)C1. The Hall–Kier alpha value is -0.540. The first-order chi connectivity index (χ1) is 9.13. The molecule has 1 N–H and O–H groups in total. The summed E-state index contributed by atoms with van der Waals surface area (Å²) in [5, 5.41) is 3.52. The van der Waals surface area contributed by atoms with Gasteiger partial charge in [-0.25, -0.2) is 0 Å². The van der Waals surface area contributed by atoms with Crippen LogP contribution >= 0.6 is 15.9 Å². The van der Waals surface area contributed by atoms with Gasteiger partial charge in [0.05, 0.1) is 7.11 Å². The molecule has 1 aromatic carbocycles. The van der Waals surface area contributed by atoms with Gasteiger partial charge in [0.2, 0.25) is 0 Å². The van der Waals surface area contributed by atoms with Crippen LogP contribution in [0.2, 0.25) is 0 Å². The van der Waals surface area contributed by atoms with Crippen LogP contribution in [0.15, 0.2) is 22.7 Å². The summed E-state index contributed by atoms with van der Waals surface area (Å²) in [6.45, 7) is 2.37. The van der Waals surface area contributed by atoms with Crippen LogP contribution in [0.4, 0.5) is 0 Å². The Labute approximate surface area is 125 Å². The molecule has 0 radical (unpaired) electrons. The van der Waals surface area contributed by atoms with Crippen molar-refractivity contribution >= 4 is 15.9 Å². The first-order valence-corrected chi connectivity index (χ1v) is 7.93. The smallest absolute Gasteiger partial charge is 0.119 e. The van der Waals surface area contributed by atoms with Crippen LogP contribution in [0, 0.1) is 11.8 Å². The van der Waals surface area contributed by atoms with Crippen molar-refractivity contribution in [3.8, 4) is 5.75 Å². The fourth-order valence-electron chi connectivity index (χ4n) is 3.19. The fourth-order valence-corrected chi connectivity index (χ4v) is 3.60. The van der Waals surface area contributed by atoms with Crippen LogP contribution in [0.3, 0.4) is 0 Å². The molecular weight excluding hydrogens is 302 g/mol. The van der Waals surface area contributed by atoms with Crippen molar-refractivity contribution in [1.82, 2.24) is 5.32 Å². The lowest BCUT2D eigenvalue weighted by molar-refractivity contribution is 0.366. The molecule has 3 unspecified atom stereocenters. The number of rotatable bonds is 5. The highest BCUT2D eigenvalue weighted by atomic mass is 79.9. The van der Waals surface area contributed by atoms with E-state index >= 15 is 0 Å². The van der Waals surface area contributed by atoms with E-state index < -0.39 is 0 Å². The number of ether oxygens (including phenoxy) is 1. The number of halogens is 1. The summed E-state index contributed by atoms with van der Waals surface area (Å²) in [5.41, 5.74) is 1.33. The molecule has 3 heteroatoms. The van der Waals surface area contributed by atoms with Crippen molar-refractivity contribution in [1.29, 1.82) is 0 Å². The van der Waals surface area contributed by atoms with Gasteiger partial charge in [0, 0.05) is 10.5 Å². The number of likely N-dealkylation sites (N-methyl/N-ethyl adjacent to an activating group) is 1. The molecular formula is C16H24BrNO. The Balaban J connectivity index is 2.09. The maximum atomic E-state index is 5.33. The molecule has 1 fully saturated rings. The van der Waals surface area contributed by atoms with E-state index in [2.05, 4.69) is 47.4 Å². The summed E-state index contributed by atoms with van der Waals surface area (Å²) in [4.78, 5) is 0. The molecule has 0 spiro atoms. The van der Waals surface area contributed by atoms with Gasteiger partial charge in [0.1, 0.15) is 5.75 Å². The maximum absolute atomic E-state index is 5.33. The van der Waals surface area contributed by atoms with Crippen molar-refractivity contribution in [3.63, 3.8) is 0 Å². The van der Waals surface area contributed by atoms with Gasteiger partial charge in [-0.1, -0.05) is 29.3 Å². The molecule has 2 rings (SSSR count). The number of hydrogen-bond acceptors (Lipinski definition) is 2. The van der Waals surface area contributed by atoms with Crippen LogP contribution < -0.4 is 10.1 Å². The molecule has 1 aromatic rings. The average Bonchev–Trinajstić information content (AvgIpc) is 2.84. The summed E-state index contributed by atoms with van der Waals surface area (Å²) in [6.07, 6.45) is 5.15. The van der Waals surface area contributed by atoms with Crippen LogP contribution in [-0.2, 0) is 6.42 Å². The van der Waals surface area contributed by atoms with Gasteiger partial charge >= 0.3 is 0 Å². The van der Waals surface area contributed by atoms with Crippen molar-refractivity contribution < 1.29 is 4.74 Å². The second-order valence-electron chi connectivity index (χ2n) is 5.73. The van der Waals surface area contributed by atoms with Gasteiger partial charge < -0.3 is 10.1 Å². The van der Waals surface area contributed by atoms with E-state index in [1.165, 1.54) is 29.3 Å². The fraction of sp³-hybridized carbons (Fsp3) is 0.625. The number of methoxy groups -OCH3 is 1. The van der Waals surface area contributed by atoms with Gasteiger partial charge in [-0.3, -0.25) is 0 Å². The van der Waals surface area contributed by atoms with Gasteiger partial charge in [0.15, 0.2) is 0 Å². The highest BCUT2D eigenvalue weighted by Gasteiger charge is 2.28. The molecule has 1 aliphatic carbocycles. The van der Waals surface area contributed by atoms with E-state index in [4.69, 9.17) is 4.74 Å². The Bertz CT molecular complexity index is 421. The lowest BCUT2D eigenvalue weighted by atomic mass is 9.91. The van der Waals surface area contributed by atoms with E-state index in [0.29, 0.717) is 6.04 Å². The Morgan fingerprint density at radius 3 is 2.79 bits per heavy atom. The van der Waals surface area contributed by atoms with E-state index in [1.54, 1.807) is 7.11 Å². The second-order valence-corrected chi connectivity index (χ2v) is 6.59. The molecule has 106 valence electrons. The third-order valence-electron chi connectivity index (χ3n) is 4.37. The monoisotopic (exact) mass is 325 g/mol. The molecule has 3 atom stereocenters. The molecule has 0 aromatic heterocycles. The second kappa shape index (κ2) is 6.76. The van der Waals surface area contributed by atoms with Gasteiger partial charge in [-0.2, -0.15) is 0 Å². The molecule has 2 nitrogen and oxygen atoms in total. The van der Waals surface area contributed by atoms with Crippen molar-refractivity contribution in [2.24, 2.45) is 11.8 Å². The summed E-state index contributed by atoms with van der Waals surface area (Å²) >= 11 is 3.65. The largest absolute Gasteiger partial charge is 0.497 e. The Kier molecular flexibility index (Phi) is 5.28. The molecule has 0 aliphatic heterocycles. The zero-order valence-corrected chi connectivity index (χ0v) is 13.7. The topological polar surface area (TPSA) is 21.3 Å². The summed E-state index contributed by atoms with van der Waals surface area (Å²) < 4.78 is 6.51. The van der Waals surface area contributed by atoms with Crippen LogP contribution in [0.25, 0.3) is 0 Å². The van der Waals surface area contributed by atoms with Crippen molar-refractivity contribution in [2.45, 2.75) is 38.6 Å². The number of hydrogen-bond donors (Lipinski definition) is 1. The lowest BCUT2D eigenvalue weighted by Gasteiger charge is -2.24. The predicted octanol–water partition coefficient (Wildman–Crippen LogP) is 4.02. The van der Waals surface area contributed by atoms with E-state index in [1.807, 2.05) is 6.07 Å². The third-order valence-corrected chi connectivity index (χ3v) is 5.14. The third kappa shape index (κ3) is 3.73. The van der Waals surface area contributed by atoms with Gasteiger partial charge in [-0.15, -0.1) is 0 Å². The minimum absolute atomic E-state index is 0.563. The molecule has 0 bridgehead atoms. The number of nitrogens with one attached hydrogen (secondary N) is 1. The number of benzene rings is 1. The molecule has 0 heterocycles. The summed E-state index contributed by atoms with van der Waals surface area (Å²) in [6, 6.07) is 6.79. The quantitative estimate of drug-likeness (QED) is 0.882. The maximum Gasteiger partial charge on any atom is 0.119 e.